The molecule has 0 spiro atoms. The van der Waals surface area contributed by atoms with Gasteiger partial charge in [-0.15, -0.1) is 0 Å². The summed E-state index contributed by atoms with van der Waals surface area (Å²) in [5.41, 5.74) is 0. The fourth-order valence-electron chi connectivity index (χ4n) is 2.59. The van der Waals surface area contributed by atoms with Crippen molar-refractivity contribution in [3.8, 4) is 0 Å². The highest BCUT2D eigenvalue weighted by molar-refractivity contribution is 4.65. The van der Waals surface area contributed by atoms with E-state index >= 15 is 0 Å². The Bertz CT molecular complexity index is 224. The highest BCUT2D eigenvalue weighted by Crippen LogP contribution is 1.98. The average Bonchev–Trinajstić information content (AvgIpc) is 2.52. The van der Waals surface area contributed by atoms with Gasteiger partial charge in [-0.05, 0) is 56.7 Å². The van der Waals surface area contributed by atoms with Crippen LogP contribution in [0.25, 0.3) is 0 Å². The van der Waals surface area contributed by atoms with Crippen molar-refractivity contribution >= 4 is 0 Å². The van der Waals surface area contributed by atoms with E-state index in [2.05, 4.69) is 62.4 Å². The number of rotatable bonds is 18. The van der Waals surface area contributed by atoms with E-state index in [9.17, 15) is 0 Å². The molecule has 0 amide bonds. The third-order valence-corrected chi connectivity index (χ3v) is 4.51. The predicted molar refractivity (Wildman–Crippen MR) is 113 cm³/mol. The molecule has 0 aromatic carbocycles. The van der Waals surface area contributed by atoms with Crippen molar-refractivity contribution in [2.75, 3.05) is 58.9 Å². The Labute approximate surface area is 158 Å². The van der Waals surface area contributed by atoms with E-state index in [1.54, 1.807) is 0 Å². The maximum absolute atomic E-state index is 3.60. The summed E-state index contributed by atoms with van der Waals surface area (Å²) in [5, 5.41) is 10.8. The summed E-state index contributed by atoms with van der Waals surface area (Å²) in [4.78, 5) is 2.59. The number of hydrogen-bond acceptors (Lipinski definition) is 4. The summed E-state index contributed by atoms with van der Waals surface area (Å²) in [7, 11) is 0. The smallest absolute Gasteiger partial charge is 0.0108 e. The molecule has 152 valence electrons. The molecule has 0 aromatic heterocycles. The van der Waals surface area contributed by atoms with Crippen LogP contribution in [0.3, 0.4) is 0 Å². The molecule has 0 aliphatic heterocycles. The van der Waals surface area contributed by atoms with Crippen molar-refractivity contribution in [2.45, 2.75) is 60.8 Å². The van der Waals surface area contributed by atoms with Gasteiger partial charge >= 0.3 is 0 Å². The minimum atomic E-state index is 0.791. The van der Waals surface area contributed by atoms with Gasteiger partial charge in [-0.3, -0.25) is 4.90 Å². The highest BCUT2D eigenvalue weighted by Gasteiger charge is 2.05. The van der Waals surface area contributed by atoms with Crippen LogP contribution in [-0.4, -0.2) is 63.8 Å². The van der Waals surface area contributed by atoms with Crippen molar-refractivity contribution in [3.63, 3.8) is 0 Å². The maximum atomic E-state index is 3.60. The van der Waals surface area contributed by atoms with E-state index in [-0.39, 0.29) is 0 Å². The lowest BCUT2D eigenvalue weighted by Gasteiger charge is -2.23. The fourth-order valence-corrected chi connectivity index (χ4v) is 2.59. The van der Waals surface area contributed by atoms with Crippen LogP contribution in [0.5, 0.6) is 0 Å². The lowest BCUT2D eigenvalue weighted by molar-refractivity contribution is 0.270. The van der Waals surface area contributed by atoms with Crippen LogP contribution in [0.1, 0.15) is 60.8 Å². The molecule has 0 aromatic rings. The molecule has 4 heteroatoms. The number of nitrogens with zero attached hydrogens (tertiary/aromatic N) is 1. The zero-order chi connectivity index (χ0) is 18.9. The van der Waals surface area contributed by atoms with Crippen LogP contribution in [0.4, 0.5) is 0 Å². The van der Waals surface area contributed by atoms with Gasteiger partial charge < -0.3 is 16.0 Å². The topological polar surface area (TPSA) is 39.3 Å². The van der Waals surface area contributed by atoms with E-state index in [0.29, 0.717) is 0 Å². The van der Waals surface area contributed by atoms with E-state index < -0.39 is 0 Å². The van der Waals surface area contributed by atoms with Crippen LogP contribution in [-0.2, 0) is 0 Å². The van der Waals surface area contributed by atoms with Crippen LogP contribution >= 0.6 is 0 Å². The first-order valence-electron chi connectivity index (χ1n) is 10.8. The van der Waals surface area contributed by atoms with Crippen molar-refractivity contribution in [3.05, 3.63) is 0 Å². The largest absolute Gasteiger partial charge is 0.315 e. The normalized spacial score (nSPS) is 12.2. The van der Waals surface area contributed by atoms with Crippen LogP contribution in [0.15, 0.2) is 0 Å². The monoisotopic (exact) mass is 356 g/mol. The van der Waals surface area contributed by atoms with Gasteiger partial charge in [-0.1, -0.05) is 41.5 Å². The molecule has 0 rings (SSSR count). The van der Waals surface area contributed by atoms with Crippen LogP contribution in [0, 0.1) is 17.8 Å². The van der Waals surface area contributed by atoms with Gasteiger partial charge in [0.25, 0.3) is 0 Å². The first-order chi connectivity index (χ1) is 11.9. The van der Waals surface area contributed by atoms with Crippen molar-refractivity contribution in [2.24, 2.45) is 17.8 Å². The zero-order valence-corrected chi connectivity index (χ0v) is 18.2. The van der Waals surface area contributed by atoms with Crippen LogP contribution < -0.4 is 16.0 Å². The molecule has 0 atom stereocenters. The molecular weight excluding hydrogens is 308 g/mol. The second kappa shape index (κ2) is 17.3. The first kappa shape index (κ1) is 24.8. The van der Waals surface area contributed by atoms with Gasteiger partial charge in [0.05, 0.1) is 0 Å². The summed E-state index contributed by atoms with van der Waals surface area (Å²) < 4.78 is 0. The van der Waals surface area contributed by atoms with Gasteiger partial charge in [-0.2, -0.15) is 0 Å². The Hall–Kier alpha value is -0.160. The molecule has 0 heterocycles. The second-order valence-corrected chi connectivity index (χ2v) is 8.64. The van der Waals surface area contributed by atoms with E-state index in [1.807, 2.05) is 0 Å². The van der Waals surface area contributed by atoms with Gasteiger partial charge in [0, 0.05) is 39.3 Å². The molecule has 0 saturated heterocycles. The Morgan fingerprint density at radius 2 is 0.760 bits per heavy atom. The molecule has 0 unspecified atom stereocenters. The van der Waals surface area contributed by atoms with Crippen molar-refractivity contribution in [1.82, 2.24) is 20.9 Å². The summed E-state index contributed by atoms with van der Waals surface area (Å²) in [5.74, 6) is 2.37. The molecule has 0 saturated carbocycles. The lowest BCUT2D eigenvalue weighted by atomic mass is 10.1. The highest BCUT2D eigenvalue weighted by atomic mass is 15.2. The number of hydrogen-bond donors (Lipinski definition) is 3. The van der Waals surface area contributed by atoms with Gasteiger partial charge in [0.15, 0.2) is 0 Å². The lowest BCUT2D eigenvalue weighted by Crippen LogP contribution is -2.41. The zero-order valence-electron chi connectivity index (χ0n) is 18.2. The van der Waals surface area contributed by atoms with Crippen LogP contribution in [0.2, 0.25) is 0 Å². The summed E-state index contributed by atoms with van der Waals surface area (Å²) in [6.45, 7) is 23.9. The Kier molecular flexibility index (Phi) is 17.2. The molecule has 3 N–H and O–H groups in total. The molecule has 25 heavy (non-hydrogen) atoms. The van der Waals surface area contributed by atoms with Gasteiger partial charge in [-0.25, -0.2) is 0 Å². The minimum absolute atomic E-state index is 0.791. The van der Waals surface area contributed by atoms with Crippen molar-refractivity contribution < 1.29 is 0 Å². The summed E-state index contributed by atoms with van der Waals surface area (Å²) >= 11 is 0. The first-order valence-corrected chi connectivity index (χ1v) is 10.8. The molecule has 0 aliphatic carbocycles. The van der Waals surface area contributed by atoms with Gasteiger partial charge in [0.1, 0.15) is 0 Å². The molecule has 4 nitrogen and oxygen atoms in total. The van der Waals surface area contributed by atoms with E-state index in [0.717, 1.165) is 76.7 Å². The summed E-state index contributed by atoms with van der Waals surface area (Å²) in [6, 6.07) is 0. The maximum Gasteiger partial charge on any atom is 0.0108 e. The molecular formula is C21H48N4. The Balaban J connectivity index is 3.87. The predicted octanol–water partition coefficient (Wildman–Crippen LogP) is 3.20. The Morgan fingerprint density at radius 1 is 0.480 bits per heavy atom. The average molecular weight is 357 g/mol. The SMILES string of the molecule is CC(C)CCNCCN(CCNCCC(C)C)CCNCCC(C)C. The van der Waals surface area contributed by atoms with Gasteiger partial charge in [0.2, 0.25) is 0 Å². The second-order valence-electron chi connectivity index (χ2n) is 8.64. The Morgan fingerprint density at radius 3 is 1.00 bits per heavy atom. The molecule has 0 radical (unpaired) electrons. The minimum Gasteiger partial charge on any atom is -0.315 e. The third-order valence-electron chi connectivity index (χ3n) is 4.51. The summed E-state index contributed by atoms with van der Waals surface area (Å²) in [6.07, 6.45) is 3.81. The molecule has 0 fully saturated rings. The van der Waals surface area contributed by atoms with E-state index in [4.69, 9.17) is 0 Å². The third kappa shape index (κ3) is 20.0. The van der Waals surface area contributed by atoms with Crippen molar-refractivity contribution in [1.29, 1.82) is 0 Å². The molecule has 0 bridgehead atoms. The number of nitrogens with one attached hydrogen (secondary N) is 3. The standard InChI is InChI=1S/C21H48N4/c1-19(2)7-10-22-13-16-25(17-14-23-11-8-20(3)4)18-15-24-12-9-21(5)6/h19-24H,7-18H2,1-6H3. The fraction of sp³-hybridized carbons (Fsp3) is 1.00. The molecule has 0 aliphatic rings. The quantitative estimate of drug-likeness (QED) is 0.330. The van der Waals surface area contributed by atoms with E-state index in [1.165, 1.54) is 19.3 Å².